The van der Waals surface area contributed by atoms with Crippen molar-refractivity contribution in [3.8, 4) is 5.75 Å². The van der Waals surface area contributed by atoms with Gasteiger partial charge in [-0.15, -0.1) is 0 Å². The Balaban J connectivity index is 1.98. The van der Waals surface area contributed by atoms with Crippen molar-refractivity contribution in [1.82, 2.24) is 4.90 Å². The predicted molar refractivity (Wildman–Crippen MR) is 107 cm³/mol. The molecular formula is C19H20BrClN2O3. The first-order valence-electron chi connectivity index (χ1n) is 8.21. The number of carbonyl (C=O) groups excluding carboxylic acids is 2. The van der Waals surface area contributed by atoms with Crippen molar-refractivity contribution in [2.75, 3.05) is 25.0 Å². The minimum atomic E-state index is -0.337. The molecule has 1 N–H and O–H groups in total. The first-order valence-corrected chi connectivity index (χ1v) is 9.38. The Morgan fingerprint density at radius 3 is 2.54 bits per heavy atom. The van der Waals surface area contributed by atoms with Crippen LogP contribution in [0.2, 0.25) is 5.02 Å². The number of hydrogen-bond donors (Lipinski definition) is 1. The molecule has 2 aromatic rings. The van der Waals surface area contributed by atoms with Crippen molar-refractivity contribution in [2.45, 2.75) is 13.8 Å². The standard InChI is InChI=1S/C19H20BrClN2O3/c1-3-23(4-2)19(25)13-6-5-7-15(10-13)22-18(24)12-26-17-9-8-14(20)11-16(17)21/h5-11H,3-4,12H2,1-2H3,(H,22,24). The first-order chi connectivity index (χ1) is 12.4. The van der Waals surface area contributed by atoms with Crippen molar-refractivity contribution < 1.29 is 14.3 Å². The van der Waals surface area contributed by atoms with Crippen molar-refractivity contribution in [3.63, 3.8) is 0 Å². The number of anilines is 1. The predicted octanol–water partition coefficient (Wildman–Crippen LogP) is 4.60. The summed E-state index contributed by atoms with van der Waals surface area (Å²) in [6.45, 7) is 4.94. The zero-order valence-corrected chi connectivity index (χ0v) is 16.9. The molecule has 0 bridgehead atoms. The highest BCUT2D eigenvalue weighted by atomic mass is 79.9. The van der Waals surface area contributed by atoms with Crippen LogP contribution in [0.4, 0.5) is 5.69 Å². The van der Waals surface area contributed by atoms with Crippen LogP contribution in [0.15, 0.2) is 46.9 Å². The third kappa shape index (κ3) is 5.47. The van der Waals surface area contributed by atoms with Gasteiger partial charge in [0.25, 0.3) is 11.8 Å². The lowest BCUT2D eigenvalue weighted by molar-refractivity contribution is -0.118. The molecule has 2 aromatic carbocycles. The maximum absolute atomic E-state index is 12.4. The zero-order chi connectivity index (χ0) is 19.1. The van der Waals surface area contributed by atoms with Crippen LogP contribution in [0, 0.1) is 0 Å². The van der Waals surface area contributed by atoms with Gasteiger partial charge in [0.2, 0.25) is 0 Å². The molecule has 0 radical (unpaired) electrons. The molecule has 0 saturated heterocycles. The van der Waals surface area contributed by atoms with E-state index in [0.717, 1.165) is 4.47 Å². The third-order valence-corrected chi connectivity index (χ3v) is 4.49. The highest BCUT2D eigenvalue weighted by Crippen LogP contribution is 2.27. The minimum absolute atomic E-state index is 0.0657. The molecule has 0 aliphatic carbocycles. The lowest BCUT2D eigenvalue weighted by atomic mass is 10.1. The van der Waals surface area contributed by atoms with Crippen LogP contribution >= 0.6 is 27.5 Å². The van der Waals surface area contributed by atoms with Crippen LogP contribution in [0.3, 0.4) is 0 Å². The lowest BCUT2D eigenvalue weighted by Crippen LogP contribution is -2.30. The number of amides is 2. The first kappa shape index (κ1) is 20.3. The van der Waals surface area contributed by atoms with Gasteiger partial charge in [-0.2, -0.15) is 0 Å². The molecule has 0 aromatic heterocycles. The molecule has 2 amide bonds. The SMILES string of the molecule is CCN(CC)C(=O)c1cccc(NC(=O)COc2ccc(Br)cc2Cl)c1. The Morgan fingerprint density at radius 2 is 1.88 bits per heavy atom. The molecule has 5 nitrogen and oxygen atoms in total. The van der Waals surface area contributed by atoms with Crippen molar-refractivity contribution in [2.24, 2.45) is 0 Å². The van der Waals surface area contributed by atoms with E-state index in [1.807, 2.05) is 13.8 Å². The van der Waals surface area contributed by atoms with E-state index in [9.17, 15) is 9.59 Å². The van der Waals surface area contributed by atoms with Crippen molar-refractivity contribution >= 4 is 45.0 Å². The van der Waals surface area contributed by atoms with E-state index in [4.69, 9.17) is 16.3 Å². The maximum Gasteiger partial charge on any atom is 0.262 e. The number of rotatable bonds is 7. The maximum atomic E-state index is 12.4. The Hall–Kier alpha value is -2.05. The summed E-state index contributed by atoms with van der Waals surface area (Å²) in [5, 5.41) is 3.14. The molecule has 7 heteroatoms. The van der Waals surface area contributed by atoms with Crippen molar-refractivity contribution in [3.05, 3.63) is 57.5 Å². The summed E-state index contributed by atoms with van der Waals surface area (Å²) in [5.41, 5.74) is 1.07. The monoisotopic (exact) mass is 438 g/mol. The van der Waals surface area contributed by atoms with Crippen LogP contribution in [0.5, 0.6) is 5.75 Å². The molecule has 0 aliphatic rings. The van der Waals surface area contributed by atoms with Gasteiger partial charge in [0.05, 0.1) is 5.02 Å². The molecule has 0 heterocycles. The normalized spacial score (nSPS) is 10.3. The van der Waals surface area contributed by atoms with Gasteiger partial charge in [-0.3, -0.25) is 9.59 Å². The summed E-state index contributed by atoms with van der Waals surface area (Å²) in [6, 6.07) is 12.0. The van der Waals surface area contributed by atoms with E-state index < -0.39 is 0 Å². The van der Waals surface area contributed by atoms with Gasteiger partial charge < -0.3 is 15.0 Å². The summed E-state index contributed by atoms with van der Waals surface area (Å²) >= 11 is 9.37. The number of benzene rings is 2. The summed E-state index contributed by atoms with van der Waals surface area (Å²) in [6.07, 6.45) is 0. The van der Waals surface area contributed by atoms with Crippen LogP contribution in [-0.2, 0) is 4.79 Å². The van der Waals surface area contributed by atoms with Crippen molar-refractivity contribution in [1.29, 1.82) is 0 Å². The van der Waals surface area contributed by atoms with E-state index in [0.29, 0.717) is 35.1 Å². The van der Waals surface area contributed by atoms with Crippen LogP contribution < -0.4 is 10.1 Å². The van der Waals surface area contributed by atoms with Crippen LogP contribution in [-0.4, -0.2) is 36.4 Å². The summed E-state index contributed by atoms with van der Waals surface area (Å²) in [4.78, 5) is 26.2. The van der Waals surface area contributed by atoms with Gasteiger partial charge >= 0.3 is 0 Å². The second-order valence-corrected chi connectivity index (χ2v) is 6.79. The van der Waals surface area contributed by atoms with Crippen LogP contribution in [0.1, 0.15) is 24.2 Å². The third-order valence-electron chi connectivity index (χ3n) is 3.70. The summed E-state index contributed by atoms with van der Waals surface area (Å²) in [5.74, 6) is 0.0240. The fraction of sp³-hybridized carbons (Fsp3) is 0.263. The molecule has 138 valence electrons. The summed E-state index contributed by atoms with van der Waals surface area (Å²) in [7, 11) is 0. The average Bonchev–Trinajstić information content (AvgIpc) is 2.62. The van der Waals surface area contributed by atoms with E-state index >= 15 is 0 Å². The molecule has 0 aliphatic heterocycles. The second-order valence-electron chi connectivity index (χ2n) is 5.47. The highest BCUT2D eigenvalue weighted by Gasteiger charge is 2.13. The molecule has 0 spiro atoms. The fourth-order valence-electron chi connectivity index (χ4n) is 2.36. The molecule has 0 atom stereocenters. The quantitative estimate of drug-likeness (QED) is 0.686. The number of ether oxygens (including phenoxy) is 1. The average molecular weight is 440 g/mol. The Morgan fingerprint density at radius 1 is 1.15 bits per heavy atom. The molecular weight excluding hydrogens is 420 g/mol. The fourth-order valence-corrected chi connectivity index (χ4v) is 3.08. The number of carbonyl (C=O) groups is 2. The molecule has 0 unspecified atom stereocenters. The highest BCUT2D eigenvalue weighted by molar-refractivity contribution is 9.10. The van der Waals surface area contributed by atoms with Gasteiger partial charge in [-0.05, 0) is 50.2 Å². The molecule has 0 fully saturated rings. The van der Waals surface area contributed by atoms with E-state index in [1.165, 1.54) is 0 Å². The number of nitrogens with zero attached hydrogens (tertiary/aromatic N) is 1. The zero-order valence-electron chi connectivity index (χ0n) is 14.6. The number of nitrogens with one attached hydrogen (secondary N) is 1. The lowest BCUT2D eigenvalue weighted by Gasteiger charge is -2.19. The second kappa shape index (κ2) is 9.59. The van der Waals surface area contributed by atoms with E-state index in [2.05, 4.69) is 21.2 Å². The Kier molecular flexibility index (Phi) is 7.48. The van der Waals surface area contributed by atoms with Gasteiger partial charge in [0.1, 0.15) is 5.75 Å². The van der Waals surface area contributed by atoms with Crippen LogP contribution in [0.25, 0.3) is 0 Å². The number of halogens is 2. The van der Waals surface area contributed by atoms with Gasteiger partial charge in [0, 0.05) is 28.8 Å². The number of hydrogen-bond acceptors (Lipinski definition) is 3. The van der Waals surface area contributed by atoms with E-state index in [1.54, 1.807) is 47.4 Å². The van der Waals surface area contributed by atoms with E-state index in [-0.39, 0.29) is 18.4 Å². The van der Waals surface area contributed by atoms with Gasteiger partial charge in [-0.25, -0.2) is 0 Å². The Labute approximate surface area is 166 Å². The molecule has 2 rings (SSSR count). The topological polar surface area (TPSA) is 58.6 Å². The smallest absolute Gasteiger partial charge is 0.262 e. The summed E-state index contributed by atoms with van der Waals surface area (Å²) < 4.78 is 6.26. The molecule has 26 heavy (non-hydrogen) atoms. The minimum Gasteiger partial charge on any atom is -0.482 e. The molecule has 0 saturated carbocycles. The van der Waals surface area contributed by atoms with Gasteiger partial charge in [-0.1, -0.05) is 33.6 Å². The Bertz CT molecular complexity index is 794. The van der Waals surface area contributed by atoms with Gasteiger partial charge in [0.15, 0.2) is 6.61 Å². The largest absolute Gasteiger partial charge is 0.482 e.